The van der Waals surface area contributed by atoms with E-state index in [2.05, 4.69) is 5.32 Å². The number of rotatable bonds is 6. The minimum atomic E-state index is -0.371. The van der Waals surface area contributed by atoms with Crippen LogP contribution >= 0.6 is 0 Å². The maximum atomic E-state index is 11.9. The highest BCUT2D eigenvalue weighted by Crippen LogP contribution is 2.29. The molecule has 0 aromatic heterocycles. The molecule has 0 bridgehead atoms. The fourth-order valence-corrected chi connectivity index (χ4v) is 1.98. The van der Waals surface area contributed by atoms with Gasteiger partial charge in [0.2, 0.25) is 5.91 Å². The van der Waals surface area contributed by atoms with Crippen molar-refractivity contribution in [1.82, 2.24) is 4.90 Å². The van der Waals surface area contributed by atoms with Crippen molar-refractivity contribution >= 4 is 17.7 Å². The van der Waals surface area contributed by atoms with Crippen LogP contribution < -0.4 is 14.8 Å². The second-order valence-corrected chi connectivity index (χ2v) is 4.47. The number of ether oxygens (including phenoxy) is 3. The van der Waals surface area contributed by atoms with Gasteiger partial charge in [-0.1, -0.05) is 0 Å². The van der Waals surface area contributed by atoms with Gasteiger partial charge in [-0.3, -0.25) is 4.79 Å². The molecule has 0 atom stereocenters. The maximum absolute atomic E-state index is 11.9. The van der Waals surface area contributed by atoms with Crippen molar-refractivity contribution in [1.29, 1.82) is 0 Å². The van der Waals surface area contributed by atoms with Gasteiger partial charge >= 0.3 is 6.09 Å². The zero-order chi connectivity index (χ0) is 15.2. The van der Waals surface area contributed by atoms with Crippen molar-refractivity contribution in [3.63, 3.8) is 0 Å². The molecule has 7 heteroatoms. The highest BCUT2D eigenvalue weighted by molar-refractivity contribution is 5.92. The average molecular weight is 294 g/mol. The molecule has 1 aromatic carbocycles. The Balaban J connectivity index is 1.91. The minimum Gasteiger partial charge on any atom is -0.497 e. The molecule has 0 unspecified atom stereocenters. The molecule has 1 fully saturated rings. The predicted octanol–water partition coefficient (Wildman–Crippen LogP) is 1.48. The molecule has 0 saturated carbocycles. The molecule has 2 amide bonds. The molecule has 0 radical (unpaired) electrons. The number of benzene rings is 1. The summed E-state index contributed by atoms with van der Waals surface area (Å²) in [4.78, 5) is 24.7. The van der Waals surface area contributed by atoms with Crippen LogP contribution in [0.4, 0.5) is 10.5 Å². The summed E-state index contributed by atoms with van der Waals surface area (Å²) in [5, 5.41) is 2.75. The number of amides is 2. The second-order valence-electron chi connectivity index (χ2n) is 4.47. The molecule has 0 aliphatic carbocycles. The molecular formula is C14H18N2O5. The van der Waals surface area contributed by atoms with Crippen molar-refractivity contribution in [3.8, 4) is 11.5 Å². The first kappa shape index (κ1) is 15.0. The number of anilines is 1. The molecule has 0 spiro atoms. The third kappa shape index (κ3) is 3.77. The van der Waals surface area contributed by atoms with Crippen LogP contribution in [0.15, 0.2) is 18.2 Å². The molecule has 114 valence electrons. The van der Waals surface area contributed by atoms with Crippen LogP contribution in [-0.4, -0.2) is 50.8 Å². The molecule has 7 nitrogen and oxygen atoms in total. The maximum Gasteiger partial charge on any atom is 0.409 e. The fourth-order valence-electron chi connectivity index (χ4n) is 1.98. The SMILES string of the molecule is COc1ccc(NC(=O)CCN2CCOC2=O)c(OC)c1. The quantitative estimate of drug-likeness (QED) is 0.860. The van der Waals surface area contributed by atoms with Crippen LogP contribution in [0.5, 0.6) is 11.5 Å². The Kier molecular flexibility index (Phi) is 4.86. The van der Waals surface area contributed by atoms with Gasteiger partial charge in [-0.15, -0.1) is 0 Å². The van der Waals surface area contributed by atoms with E-state index in [4.69, 9.17) is 14.2 Å². The molecule has 1 aromatic rings. The van der Waals surface area contributed by atoms with Crippen LogP contribution in [0.1, 0.15) is 6.42 Å². The summed E-state index contributed by atoms with van der Waals surface area (Å²) in [7, 11) is 3.08. The fraction of sp³-hybridized carbons (Fsp3) is 0.429. The lowest BCUT2D eigenvalue weighted by Gasteiger charge is -2.14. The molecule has 2 rings (SSSR count). The summed E-state index contributed by atoms with van der Waals surface area (Å²) in [5.74, 6) is 0.964. The van der Waals surface area contributed by atoms with Crippen LogP contribution in [0.25, 0.3) is 0 Å². The van der Waals surface area contributed by atoms with E-state index in [1.165, 1.54) is 12.0 Å². The summed E-state index contributed by atoms with van der Waals surface area (Å²) in [6, 6.07) is 5.13. The largest absolute Gasteiger partial charge is 0.497 e. The first-order valence-corrected chi connectivity index (χ1v) is 6.57. The van der Waals surface area contributed by atoms with Crippen LogP contribution in [-0.2, 0) is 9.53 Å². The van der Waals surface area contributed by atoms with Crippen molar-refractivity contribution in [2.45, 2.75) is 6.42 Å². The topological polar surface area (TPSA) is 77.1 Å². The smallest absolute Gasteiger partial charge is 0.409 e. The predicted molar refractivity (Wildman–Crippen MR) is 75.7 cm³/mol. The van der Waals surface area contributed by atoms with Crippen molar-refractivity contribution in [3.05, 3.63) is 18.2 Å². The Morgan fingerprint density at radius 3 is 2.81 bits per heavy atom. The van der Waals surface area contributed by atoms with Gasteiger partial charge in [-0.05, 0) is 12.1 Å². The number of nitrogens with one attached hydrogen (secondary N) is 1. The highest BCUT2D eigenvalue weighted by Gasteiger charge is 2.22. The first-order valence-electron chi connectivity index (χ1n) is 6.57. The number of hydrogen-bond donors (Lipinski definition) is 1. The van der Waals surface area contributed by atoms with Gasteiger partial charge in [0.15, 0.2) is 0 Å². The average Bonchev–Trinajstić information content (AvgIpc) is 2.91. The number of nitrogens with zero attached hydrogens (tertiary/aromatic N) is 1. The normalized spacial score (nSPS) is 13.8. The van der Waals surface area contributed by atoms with Gasteiger partial charge in [0.1, 0.15) is 18.1 Å². The second kappa shape index (κ2) is 6.83. The molecular weight excluding hydrogens is 276 g/mol. The third-order valence-corrected chi connectivity index (χ3v) is 3.14. The summed E-state index contributed by atoms with van der Waals surface area (Å²) in [5.41, 5.74) is 0.562. The molecule has 1 N–H and O–H groups in total. The van der Waals surface area contributed by atoms with Crippen molar-refractivity contribution < 1.29 is 23.8 Å². The van der Waals surface area contributed by atoms with Crippen LogP contribution in [0.3, 0.4) is 0 Å². The lowest BCUT2D eigenvalue weighted by atomic mass is 10.2. The summed E-state index contributed by atoms with van der Waals surface area (Å²) >= 11 is 0. The molecule has 21 heavy (non-hydrogen) atoms. The van der Waals surface area contributed by atoms with Gasteiger partial charge in [-0.25, -0.2) is 4.79 Å². The number of carbonyl (C=O) groups is 2. The van der Waals surface area contributed by atoms with E-state index in [0.717, 1.165) is 0 Å². The molecule has 1 aliphatic heterocycles. The number of cyclic esters (lactones) is 1. The van der Waals surface area contributed by atoms with Gasteiger partial charge in [0.25, 0.3) is 0 Å². The number of carbonyl (C=O) groups excluding carboxylic acids is 2. The summed E-state index contributed by atoms with van der Waals surface area (Å²) in [6.45, 7) is 1.24. The highest BCUT2D eigenvalue weighted by atomic mass is 16.6. The number of hydrogen-bond acceptors (Lipinski definition) is 5. The van der Waals surface area contributed by atoms with E-state index in [9.17, 15) is 9.59 Å². The van der Waals surface area contributed by atoms with E-state index in [-0.39, 0.29) is 18.4 Å². The minimum absolute atomic E-state index is 0.196. The van der Waals surface area contributed by atoms with Gasteiger partial charge in [0, 0.05) is 19.0 Å². The standard InChI is InChI=1S/C14H18N2O5/c1-19-10-3-4-11(12(9-10)20-2)15-13(17)5-6-16-7-8-21-14(16)18/h3-4,9H,5-8H2,1-2H3,(H,15,17). The monoisotopic (exact) mass is 294 g/mol. The Bertz CT molecular complexity index is 532. The Morgan fingerprint density at radius 1 is 1.38 bits per heavy atom. The Morgan fingerprint density at radius 2 is 2.19 bits per heavy atom. The van der Waals surface area contributed by atoms with E-state index < -0.39 is 0 Å². The van der Waals surface area contributed by atoms with E-state index in [1.54, 1.807) is 25.3 Å². The van der Waals surface area contributed by atoms with Crippen LogP contribution in [0.2, 0.25) is 0 Å². The molecule has 1 heterocycles. The Labute approximate surface area is 122 Å². The van der Waals surface area contributed by atoms with Crippen LogP contribution in [0, 0.1) is 0 Å². The van der Waals surface area contributed by atoms with Crippen molar-refractivity contribution in [2.75, 3.05) is 39.2 Å². The van der Waals surface area contributed by atoms with Gasteiger partial charge in [-0.2, -0.15) is 0 Å². The zero-order valence-electron chi connectivity index (χ0n) is 12.0. The van der Waals surface area contributed by atoms with Crippen molar-refractivity contribution in [2.24, 2.45) is 0 Å². The van der Waals surface area contributed by atoms with Gasteiger partial charge in [0.05, 0.1) is 26.5 Å². The first-order chi connectivity index (χ1) is 10.1. The summed E-state index contributed by atoms with van der Waals surface area (Å²) in [6.07, 6.45) is -0.172. The number of methoxy groups -OCH3 is 2. The van der Waals surface area contributed by atoms with Gasteiger partial charge < -0.3 is 24.4 Å². The van der Waals surface area contributed by atoms with E-state index >= 15 is 0 Å². The lowest BCUT2D eigenvalue weighted by molar-refractivity contribution is -0.116. The molecule has 1 aliphatic rings. The zero-order valence-corrected chi connectivity index (χ0v) is 12.0. The lowest BCUT2D eigenvalue weighted by Crippen LogP contribution is -2.28. The third-order valence-electron chi connectivity index (χ3n) is 3.14. The molecule has 1 saturated heterocycles. The van der Waals surface area contributed by atoms with E-state index in [0.29, 0.717) is 36.9 Å². The van der Waals surface area contributed by atoms with E-state index in [1.807, 2.05) is 0 Å². The Hall–Kier alpha value is -2.44. The summed E-state index contributed by atoms with van der Waals surface area (Å²) < 4.78 is 15.1.